The van der Waals surface area contributed by atoms with Gasteiger partial charge in [0.25, 0.3) is 0 Å². The van der Waals surface area contributed by atoms with Crippen LogP contribution in [-0.2, 0) is 13.2 Å². The highest BCUT2D eigenvalue weighted by molar-refractivity contribution is 5.85. The van der Waals surface area contributed by atoms with Crippen molar-refractivity contribution in [2.75, 3.05) is 0 Å². The summed E-state index contributed by atoms with van der Waals surface area (Å²) in [6.45, 7) is 3.54. The first-order chi connectivity index (χ1) is 10.3. The lowest BCUT2D eigenvalue weighted by Gasteiger charge is -2.22. The predicted molar refractivity (Wildman–Crippen MR) is 86.2 cm³/mol. The van der Waals surface area contributed by atoms with Crippen molar-refractivity contribution in [2.24, 2.45) is 0 Å². The lowest BCUT2D eigenvalue weighted by atomic mass is 10.2. The second-order valence-electron chi connectivity index (χ2n) is 5.36. The molecule has 0 unspecified atom stereocenters. The molecule has 1 aliphatic heterocycles. The summed E-state index contributed by atoms with van der Waals surface area (Å²) in [5.41, 5.74) is 3.30. The second-order valence-corrected chi connectivity index (χ2v) is 5.36. The van der Waals surface area contributed by atoms with Crippen molar-refractivity contribution in [3.8, 4) is 17.3 Å². The van der Waals surface area contributed by atoms with Crippen molar-refractivity contribution in [2.45, 2.75) is 26.1 Å². The number of halogens is 1. The zero-order chi connectivity index (χ0) is 14.2. The van der Waals surface area contributed by atoms with Crippen LogP contribution in [0.4, 0.5) is 0 Å². The Kier molecular flexibility index (Phi) is 3.90. The smallest absolute Gasteiger partial charge is 0.233 e. The third-order valence-electron chi connectivity index (χ3n) is 3.83. The molecule has 0 N–H and O–H groups in total. The highest BCUT2D eigenvalue weighted by atomic mass is 35.5. The Labute approximate surface area is 135 Å². The van der Waals surface area contributed by atoms with E-state index in [0.717, 1.165) is 23.5 Å². The normalized spacial score (nSPS) is 15.6. The molecule has 1 atom stereocenters. The van der Waals surface area contributed by atoms with E-state index in [-0.39, 0.29) is 12.4 Å². The van der Waals surface area contributed by atoms with Gasteiger partial charge >= 0.3 is 0 Å². The summed E-state index contributed by atoms with van der Waals surface area (Å²) >= 11 is 0. The maximum atomic E-state index is 5.81. The van der Waals surface area contributed by atoms with Crippen LogP contribution in [0.1, 0.15) is 18.5 Å². The quantitative estimate of drug-likeness (QED) is 0.744. The Morgan fingerprint density at radius 2 is 2.05 bits per heavy atom. The number of rotatable bonds is 3. The van der Waals surface area contributed by atoms with Crippen LogP contribution in [0.3, 0.4) is 0 Å². The summed E-state index contributed by atoms with van der Waals surface area (Å²) in [4.78, 5) is 4.24. The van der Waals surface area contributed by atoms with Crippen LogP contribution < -0.4 is 4.74 Å². The van der Waals surface area contributed by atoms with E-state index in [0.29, 0.717) is 18.5 Å². The first-order valence-electron chi connectivity index (χ1n) is 7.08. The molecule has 1 aromatic carbocycles. The van der Waals surface area contributed by atoms with Crippen molar-refractivity contribution in [1.82, 2.24) is 19.3 Å². The molecule has 3 aromatic rings. The van der Waals surface area contributed by atoms with Crippen LogP contribution in [0, 0.1) is 0 Å². The predicted octanol–water partition coefficient (Wildman–Crippen LogP) is 3.32. The maximum Gasteiger partial charge on any atom is 0.233 e. The molecular formula is C16H17ClN4O. The Morgan fingerprint density at radius 1 is 1.23 bits per heavy atom. The van der Waals surface area contributed by atoms with E-state index in [4.69, 9.17) is 4.74 Å². The molecule has 4 rings (SSSR count). The number of imidazole rings is 1. The summed E-state index contributed by atoms with van der Waals surface area (Å²) in [5.74, 6) is 0.663. The molecule has 114 valence electrons. The molecular weight excluding hydrogens is 300 g/mol. The lowest BCUT2D eigenvalue weighted by molar-refractivity contribution is 0.287. The Balaban J connectivity index is 0.00000144. The number of hydrogen-bond donors (Lipinski definition) is 0. The zero-order valence-corrected chi connectivity index (χ0v) is 13.0. The van der Waals surface area contributed by atoms with Crippen molar-refractivity contribution in [3.05, 3.63) is 54.5 Å². The first-order valence-corrected chi connectivity index (χ1v) is 7.08. The van der Waals surface area contributed by atoms with Crippen LogP contribution in [0.15, 0.2) is 48.9 Å². The molecule has 6 heteroatoms. The van der Waals surface area contributed by atoms with Crippen LogP contribution in [-0.4, -0.2) is 19.3 Å². The van der Waals surface area contributed by atoms with E-state index in [1.807, 2.05) is 53.6 Å². The van der Waals surface area contributed by atoms with Crippen molar-refractivity contribution in [1.29, 1.82) is 0 Å². The van der Waals surface area contributed by atoms with Crippen LogP contribution in [0.5, 0.6) is 5.88 Å². The summed E-state index contributed by atoms with van der Waals surface area (Å²) in [7, 11) is 0. The summed E-state index contributed by atoms with van der Waals surface area (Å²) in [5, 5.41) is 4.55. The lowest BCUT2D eigenvalue weighted by Crippen LogP contribution is -2.20. The minimum Gasteiger partial charge on any atom is -0.472 e. The Hall–Kier alpha value is -2.27. The molecule has 0 radical (unpaired) electrons. The number of hydrogen-bond acceptors (Lipinski definition) is 3. The monoisotopic (exact) mass is 316 g/mol. The molecule has 0 amide bonds. The van der Waals surface area contributed by atoms with E-state index in [1.54, 1.807) is 0 Å². The van der Waals surface area contributed by atoms with Crippen LogP contribution in [0.2, 0.25) is 0 Å². The molecule has 0 fully saturated rings. The summed E-state index contributed by atoms with van der Waals surface area (Å²) < 4.78 is 9.99. The number of nitrogens with zero attached hydrogens (tertiary/aromatic N) is 4. The molecule has 3 heterocycles. The van der Waals surface area contributed by atoms with Gasteiger partial charge in [-0.15, -0.1) is 17.5 Å². The minimum atomic E-state index is 0. The fraction of sp³-hybridized carbons (Fsp3) is 0.250. The number of benzene rings is 1. The maximum absolute atomic E-state index is 5.81. The first kappa shape index (κ1) is 14.7. The van der Waals surface area contributed by atoms with Gasteiger partial charge in [-0.2, -0.15) is 0 Å². The van der Waals surface area contributed by atoms with E-state index < -0.39 is 0 Å². The highest BCUT2D eigenvalue weighted by Gasteiger charge is 2.23. The number of fused-ring (bicyclic) bond motifs is 3. The molecule has 5 nitrogen and oxygen atoms in total. The SMILES string of the molecule is C[C@H]1Cn2nc(OCc3ccccc3)cc2-c2cncn21.Cl. The van der Waals surface area contributed by atoms with E-state index in [9.17, 15) is 0 Å². The Bertz CT molecular complexity index is 766. The molecule has 22 heavy (non-hydrogen) atoms. The minimum absolute atomic E-state index is 0. The van der Waals surface area contributed by atoms with Gasteiger partial charge < -0.3 is 9.30 Å². The molecule has 0 aliphatic carbocycles. The van der Waals surface area contributed by atoms with Gasteiger partial charge in [-0.05, 0) is 12.5 Å². The molecule has 0 saturated carbocycles. The average molecular weight is 317 g/mol. The van der Waals surface area contributed by atoms with Gasteiger partial charge in [-0.1, -0.05) is 30.3 Å². The zero-order valence-electron chi connectivity index (χ0n) is 12.2. The fourth-order valence-electron chi connectivity index (χ4n) is 2.73. The molecule has 0 bridgehead atoms. The van der Waals surface area contributed by atoms with E-state index in [1.165, 1.54) is 0 Å². The second kappa shape index (κ2) is 5.85. The van der Waals surface area contributed by atoms with Gasteiger partial charge in [0.2, 0.25) is 5.88 Å². The molecule has 1 aliphatic rings. The van der Waals surface area contributed by atoms with Gasteiger partial charge in [-0.25, -0.2) is 4.98 Å². The van der Waals surface area contributed by atoms with Gasteiger partial charge in [0.1, 0.15) is 6.61 Å². The summed E-state index contributed by atoms with van der Waals surface area (Å²) in [6.07, 6.45) is 3.76. The standard InChI is InChI=1S/C16H16N4O.ClH/c1-12-9-20-14(15-8-17-11-19(12)15)7-16(18-20)21-10-13-5-3-2-4-6-13;/h2-8,11-12H,9-10H2,1H3;1H/t12-;/m0./s1. The Morgan fingerprint density at radius 3 is 2.86 bits per heavy atom. The fourth-order valence-corrected chi connectivity index (χ4v) is 2.73. The van der Waals surface area contributed by atoms with Crippen molar-refractivity contribution < 1.29 is 4.74 Å². The third-order valence-corrected chi connectivity index (χ3v) is 3.83. The van der Waals surface area contributed by atoms with Gasteiger partial charge in [-0.3, -0.25) is 4.68 Å². The highest BCUT2D eigenvalue weighted by Crippen LogP contribution is 2.31. The average Bonchev–Trinajstić information content (AvgIpc) is 3.12. The summed E-state index contributed by atoms with van der Waals surface area (Å²) in [6, 6.07) is 12.5. The van der Waals surface area contributed by atoms with Gasteiger partial charge in [0.05, 0.1) is 36.5 Å². The molecule has 0 saturated heterocycles. The molecule has 0 spiro atoms. The van der Waals surface area contributed by atoms with Gasteiger partial charge in [0, 0.05) is 6.07 Å². The van der Waals surface area contributed by atoms with Crippen LogP contribution >= 0.6 is 12.4 Å². The number of ether oxygens (including phenoxy) is 1. The van der Waals surface area contributed by atoms with E-state index >= 15 is 0 Å². The number of aromatic nitrogens is 4. The van der Waals surface area contributed by atoms with Crippen molar-refractivity contribution >= 4 is 12.4 Å². The van der Waals surface area contributed by atoms with Crippen LogP contribution in [0.25, 0.3) is 11.4 Å². The third kappa shape index (κ3) is 2.48. The topological polar surface area (TPSA) is 44.9 Å². The van der Waals surface area contributed by atoms with Gasteiger partial charge in [0.15, 0.2) is 0 Å². The molecule has 2 aromatic heterocycles. The largest absolute Gasteiger partial charge is 0.472 e. The van der Waals surface area contributed by atoms with Crippen molar-refractivity contribution in [3.63, 3.8) is 0 Å². The van der Waals surface area contributed by atoms with E-state index in [2.05, 4.69) is 21.6 Å².